The van der Waals surface area contributed by atoms with Gasteiger partial charge in [-0.3, -0.25) is 4.79 Å². The van der Waals surface area contributed by atoms with Crippen LogP contribution in [0.2, 0.25) is 0 Å². The Balaban J connectivity index is 1.23. The van der Waals surface area contributed by atoms with Crippen molar-refractivity contribution in [3.8, 4) is 0 Å². The van der Waals surface area contributed by atoms with Gasteiger partial charge in [0, 0.05) is 45.0 Å². The highest BCUT2D eigenvalue weighted by Gasteiger charge is 2.32. The van der Waals surface area contributed by atoms with E-state index in [0.717, 1.165) is 69.1 Å². The molecule has 3 aromatic rings. The predicted molar refractivity (Wildman–Crippen MR) is 126 cm³/mol. The van der Waals surface area contributed by atoms with Gasteiger partial charge in [-0.05, 0) is 56.0 Å². The summed E-state index contributed by atoms with van der Waals surface area (Å²) in [5.74, 6) is 1.24. The van der Waals surface area contributed by atoms with Crippen LogP contribution in [-0.4, -0.2) is 60.0 Å². The zero-order valence-electron chi connectivity index (χ0n) is 18.5. The minimum absolute atomic E-state index is 0.0502. The van der Waals surface area contributed by atoms with E-state index in [9.17, 15) is 4.79 Å². The van der Waals surface area contributed by atoms with E-state index in [-0.39, 0.29) is 5.92 Å². The number of aromatic amines is 1. The Bertz CT molecular complexity index is 1050. The molecule has 5 rings (SSSR count). The molecule has 2 fully saturated rings. The third-order valence-corrected chi connectivity index (χ3v) is 6.74. The van der Waals surface area contributed by atoms with Crippen molar-refractivity contribution in [2.45, 2.75) is 26.7 Å². The highest BCUT2D eigenvalue weighted by atomic mass is 16.2. The molecule has 0 spiro atoms. The minimum atomic E-state index is 0.0502. The number of piperazine rings is 1. The second-order valence-electron chi connectivity index (χ2n) is 8.97. The van der Waals surface area contributed by atoms with Crippen LogP contribution >= 0.6 is 0 Å². The number of piperidine rings is 1. The Hall–Kier alpha value is -3.02. The van der Waals surface area contributed by atoms with E-state index in [1.807, 2.05) is 24.3 Å². The van der Waals surface area contributed by atoms with E-state index in [0.29, 0.717) is 5.91 Å². The van der Waals surface area contributed by atoms with Gasteiger partial charge in [0.25, 0.3) is 0 Å². The molecule has 1 N–H and O–H groups in total. The molecule has 1 aromatic heterocycles. The van der Waals surface area contributed by atoms with Crippen molar-refractivity contribution in [2.24, 2.45) is 5.92 Å². The number of hydrogen-bond donors (Lipinski definition) is 1. The summed E-state index contributed by atoms with van der Waals surface area (Å²) in [7, 11) is 0. The third-order valence-electron chi connectivity index (χ3n) is 6.74. The fourth-order valence-electron chi connectivity index (χ4n) is 4.95. The topological polar surface area (TPSA) is 55.5 Å². The number of benzene rings is 2. The molecule has 1 amide bonds. The number of amides is 1. The first kappa shape index (κ1) is 19.9. The van der Waals surface area contributed by atoms with E-state index in [1.54, 1.807) is 0 Å². The number of aryl methyl sites for hydroxylation is 2. The van der Waals surface area contributed by atoms with Crippen molar-refractivity contribution in [1.82, 2.24) is 14.9 Å². The largest absolute Gasteiger partial charge is 0.368 e. The summed E-state index contributed by atoms with van der Waals surface area (Å²) in [5, 5.41) is 0. The number of nitrogens with one attached hydrogen (secondary N) is 1. The summed E-state index contributed by atoms with van der Waals surface area (Å²) in [6.45, 7) is 9.40. The van der Waals surface area contributed by atoms with Crippen molar-refractivity contribution >= 4 is 28.6 Å². The molecule has 2 aliphatic heterocycles. The molecule has 6 nitrogen and oxygen atoms in total. The van der Waals surface area contributed by atoms with Crippen LogP contribution in [0, 0.1) is 19.8 Å². The average Bonchev–Trinajstić information content (AvgIpc) is 3.25. The fraction of sp³-hybridized carbons (Fsp3) is 0.440. The van der Waals surface area contributed by atoms with Gasteiger partial charge >= 0.3 is 0 Å². The lowest BCUT2D eigenvalue weighted by Crippen LogP contribution is -2.52. The van der Waals surface area contributed by atoms with Gasteiger partial charge in [0.2, 0.25) is 11.9 Å². The molecular formula is C25H31N5O. The number of carbonyl (C=O) groups excluding carboxylic acids is 1. The van der Waals surface area contributed by atoms with Crippen molar-refractivity contribution in [3.05, 3.63) is 53.6 Å². The zero-order valence-corrected chi connectivity index (χ0v) is 18.5. The molecule has 0 unspecified atom stereocenters. The maximum atomic E-state index is 13.3. The highest BCUT2D eigenvalue weighted by Crippen LogP contribution is 2.27. The summed E-state index contributed by atoms with van der Waals surface area (Å²) < 4.78 is 0. The number of imidazole rings is 1. The normalized spacial score (nSPS) is 19.8. The Morgan fingerprint density at radius 1 is 1.00 bits per heavy atom. The molecule has 0 bridgehead atoms. The predicted octanol–water partition coefficient (Wildman–Crippen LogP) is 3.74. The SMILES string of the molecule is Cc1ccc(C)c(N2CCN(C(=O)[C@@H]3CCCN(c4nc5ccccc5[nH]4)C3)CC2)c1. The number of carbonyl (C=O) groups is 1. The van der Waals surface area contributed by atoms with Crippen molar-refractivity contribution in [3.63, 3.8) is 0 Å². The second kappa shape index (κ2) is 8.25. The van der Waals surface area contributed by atoms with Gasteiger partial charge in [-0.25, -0.2) is 4.98 Å². The molecular weight excluding hydrogens is 386 g/mol. The summed E-state index contributed by atoms with van der Waals surface area (Å²) in [5.41, 5.74) is 5.92. The first-order chi connectivity index (χ1) is 15.1. The first-order valence-corrected chi connectivity index (χ1v) is 11.4. The molecule has 31 heavy (non-hydrogen) atoms. The van der Waals surface area contributed by atoms with E-state index >= 15 is 0 Å². The third kappa shape index (κ3) is 3.99. The number of para-hydroxylation sites is 2. The molecule has 3 heterocycles. The lowest BCUT2D eigenvalue weighted by atomic mass is 9.96. The molecule has 6 heteroatoms. The van der Waals surface area contributed by atoms with Crippen molar-refractivity contribution < 1.29 is 4.79 Å². The van der Waals surface area contributed by atoms with Crippen LogP contribution in [0.5, 0.6) is 0 Å². The molecule has 2 aromatic carbocycles. The Morgan fingerprint density at radius 2 is 1.81 bits per heavy atom. The molecule has 1 atom stereocenters. The molecule has 2 aliphatic rings. The summed E-state index contributed by atoms with van der Waals surface area (Å²) in [6, 6.07) is 14.7. The number of aromatic nitrogens is 2. The van der Waals surface area contributed by atoms with Gasteiger partial charge in [-0.15, -0.1) is 0 Å². The molecule has 0 radical (unpaired) electrons. The summed E-state index contributed by atoms with van der Waals surface area (Å²) >= 11 is 0. The van der Waals surface area contributed by atoms with Crippen molar-refractivity contribution in [2.75, 3.05) is 49.1 Å². The maximum Gasteiger partial charge on any atom is 0.227 e. The van der Waals surface area contributed by atoms with Gasteiger partial charge in [0.1, 0.15) is 0 Å². The van der Waals surface area contributed by atoms with Gasteiger partial charge in [0.05, 0.1) is 17.0 Å². The van der Waals surface area contributed by atoms with Crippen LogP contribution in [0.15, 0.2) is 42.5 Å². The van der Waals surface area contributed by atoms with Crippen molar-refractivity contribution in [1.29, 1.82) is 0 Å². The molecule has 2 saturated heterocycles. The van der Waals surface area contributed by atoms with Crippen LogP contribution < -0.4 is 9.80 Å². The monoisotopic (exact) mass is 417 g/mol. The second-order valence-corrected chi connectivity index (χ2v) is 8.97. The van der Waals surface area contributed by atoms with Crippen LogP contribution in [0.1, 0.15) is 24.0 Å². The van der Waals surface area contributed by atoms with Crippen LogP contribution in [0.3, 0.4) is 0 Å². The lowest BCUT2D eigenvalue weighted by molar-refractivity contribution is -0.136. The van der Waals surface area contributed by atoms with Gasteiger partial charge in [-0.2, -0.15) is 0 Å². The van der Waals surface area contributed by atoms with E-state index in [4.69, 9.17) is 4.98 Å². The standard InChI is InChI=1S/C25H31N5O/c1-18-9-10-19(2)23(16-18)28-12-14-29(15-13-28)24(31)20-6-5-11-30(17-20)25-26-21-7-3-4-8-22(21)27-25/h3-4,7-10,16,20H,5-6,11-15,17H2,1-2H3,(H,26,27)/t20-/m1/s1. The van der Waals surface area contributed by atoms with Crippen LogP contribution in [0.4, 0.5) is 11.6 Å². The van der Waals surface area contributed by atoms with E-state index < -0.39 is 0 Å². The van der Waals surface area contributed by atoms with Gasteiger partial charge in [-0.1, -0.05) is 24.3 Å². The van der Waals surface area contributed by atoms with Crippen LogP contribution in [0.25, 0.3) is 11.0 Å². The molecule has 162 valence electrons. The van der Waals surface area contributed by atoms with Gasteiger partial charge in [0.15, 0.2) is 0 Å². The number of fused-ring (bicyclic) bond motifs is 1. The lowest BCUT2D eigenvalue weighted by Gasteiger charge is -2.40. The average molecular weight is 418 g/mol. The van der Waals surface area contributed by atoms with Gasteiger partial charge < -0.3 is 19.7 Å². The Kier molecular flexibility index (Phi) is 5.30. The van der Waals surface area contributed by atoms with E-state index in [2.05, 4.69) is 51.7 Å². The smallest absolute Gasteiger partial charge is 0.227 e. The first-order valence-electron chi connectivity index (χ1n) is 11.4. The Labute approximate surface area is 183 Å². The number of nitrogens with zero attached hydrogens (tertiary/aromatic N) is 4. The zero-order chi connectivity index (χ0) is 21.4. The number of H-pyrrole nitrogens is 1. The molecule has 0 saturated carbocycles. The molecule has 0 aliphatic carbocycles. The number of anilines is 2. The maximum absolute atomic E-state index is 13.3. The Morgan fingerprint density at radius 3 is 2.61 bits per heavy atom. The fourth-order valence-corrected chi connectivity index (χ4v) is 4.95. The number of hydrogen-bond acceptors (Lipinski definition) is 4. The highest BCUT2D eigenvalue weighted by molar-refractivity contribution is 5.81. The summed E-state index contributed by atoms with van der Waals surface area (Å²) in [6.07, 6.45) is 1.99. The quantitative estimate of drug-likeness (QED) is 0.705. The minimum Gasteiger partial charge on any atom is -0.368 e. The number of rotatable bonds is 3. The summed E-state index contributed by atoms with van der Waals surface area (Å²) in [4.78, 5) is 28.2. The van der Waals surface area contributed by atoms with E-state index in [1.165, 1.54) is 16.8 Å². The van der Waals surface area contributed by atoms with Crippen LogP contribution in [-0.2, 0) is 4.79 Å².